The number of hydrogen-bond donors (Lipinski definition) is 2. The smallest absolute Gasteiger partial charge is 0.198 e. The van der Waals surface area contributed by atoms with Crippen LogP contribution in [0.1, 0.15) is 18.9 Å². The van der Waals surface area contributed by atoms with Crippen molar-refractivity contribution in [3.8, 4) is 0 Å². The molecule has 5 heteroatoms. The van der Waals surface area contributed by atoms with Crippen LogP contribution in [0.15, 0.2) is 6.07 Å². The molecule has 1 aromatic heterocycles. The summed E-state index contributed by atoms with van der Waals surface area (Å²) in [6, 6.07) is 1.59. The quantitative estimate of drug-likeness (QED) is 0.634. The van der Waals surface area contributed by atoms with Crippen molar-refractivity contribution in [1.29, 1.82) is 0 Å². The lowest BCUT2D eigenvalue weighted by Crippen LogP contribution is -2.09. The monoisotopic (exact) mass is 171 g/mol. The van der Waals surface area contributed by atoms with Crippen molar-refractivity contribution in [2.75, 3.05) is 12.8 Å². The van der Waals surface area contributed by atoms with Crippen LogP contribution in [0.3, 0.4) is 0 Å². The van der Waals surface area contributed by atoms with Gasteiger partial charge in [0.1, 0.15) is 5.82 Å². The fraction of sp³-hybridized carbons (Fsp3) is 0.571. The fourth-order valence-corrected chi connectivity index (χ4v) is 1.02. The molecule has 1 unspecified atom stereocenters. The summed E-state index contributed by atoms with van der Waals surface area (Å²) in [5.41, 5.74) is 6.03. The Balaban J connectivity index is 2.96. The van der Waals surface area contributed by atoms with Gasteiger partial charge in [-0.05, 0) is 6.92 Å². The molecule has 0 fully saturated rings. The van der Waals surface area contributed by atoms with Crippen molar-refractivity contribution in [2.24, 2.45) is 0 Å². The summed E-state index contributed by atoms with van der Waals surface area (Å²) in [5, 5.41) is 13.3. The van der Waals surface area contributed by atoms with Crippen molar-refractivity contribution < 1.29 is 9.84 Å². The molecule has 5 nitrogen and oxygen atoms in total. The normalized spacial score (nSPS) is 13.2. The van der Waals surface area contributed by atoms with E-state index < -0.39 is 6.29 Å². The minimum atomic E-state index is -0.949. The Morgan fingerprint density at radius 2 is 2.50 bits per heavy atom. The molecule has 1 rings (SSSR count). The molecule has 0 aliphatic heterocycles. The highest BCUT2D eigenvalue weighted by Gasteiger charge is 2.12. The van der Waals surface area contributed by atoms with Crippen molar-refractivity contribution in [2.45, 2.75) is 19.8 Å². The number of aryl methyl sites for hydroxylation is 1. The van der Waals surface area contributed by atoms with Crippen LogP contribution in [-0.4, -0.2) is 22.0 Å². The van der Waals surface area contributed by atoms with Crippen molar-refractivity contribution in [1.82, 2.24) is 9.78 Å². The molecule has 1 atom stereocenters. The summed E-state index contributed by atoms with van der Waals surface area (Å²) < 4.78 is 6.33. The summed E-state index contributed by atoms with van der Waals surface area (Å²) in [6.07, 6.45) is -0.949. The van der Waals surface area contributed by atoms with Gasteiger partial charge >= 0.3 is 0 Å². The molecule has 0 amide bonds. The first-order valence-electron chi connectivity index (χ1n) is 3.73. The molecular weight excluding hydrogens is 158 g/mol. The van der Waals surface area contributed by atoms with Crippen LogP contribution in [0.4, 0.5) is 5.82 Å². The highest BCUT2D eigenvalue weighted by atomic mass is 16.6. The first-order valence-corrected chi connectivity index (χ1v) is 3.73. The predicted molar refractivity (Wildman–Crippen MR) is 44.3 cm³/mol. The fourth-order valence-electron chi connectivity index (χ4n) is 1.02. The zero-order valence-electron chi connectivity index (χ0n) is 7.19. The number of nitrogens with two attached hydrogens (primary N) is 1. The molecule has 0 saturated heterocycles. The van der Waals surface area contributed by atoms with Gasteiger partial charge in [-0.1, -0.05) is 0 Å². The standard InChI is InChI=1S/C7H13N3O2/c1-3-10-5(7(11)12-2)4-6(8)9-10/h4,7,11H,3H2,1-2H3,(H2,8,9). The van der Waals surface area contributed by atoms with Crippen LogP contribution in [0.5, 0.6) is 0 Å². The third-order valence-electron chi connectivity index (χ3n) is 1.61. The first-order chi connectivity index (χ1) is 5.69. The van der Waals surface area contributed by atoms with Crippen molar-refractivity contribution in [3.05, 3.63) is 11.8 Å². The van der Waals surface area contributed by atoms with Gasteiger partial charge in [-0.15, -0.1) is 0 Å². The molecule has 0 aromatic carbocycles. The molecule has 0 radical (unpaired) electrons. The van der Waals surface area contributed by atoms with Crippen LogP contribution >= 0.6 is 0 Å². The lowest BCUT2D eigenvalue weighted by Gasteiger charge is -2.09. The van der Waals surface area contributed by atoms with E-state index in [-0.39, 0.29) is 0 Å². The Kier molecular flexibility index (Phi) is 2.67. The lowest BCUT2D eigenvalue weighted by molar-refractivity contribution is -0.0825. The number of methoxy groups -OCH3 is 1. The molecule has 0 bridgehead atoms. The average molecular weight is 171 g/mol. The summed E-state index contributed by atoms with van der Waals surface area (Å²) >= 11 is 0. The van der Waals surface area contributed by atoms with Crippen molar-refractivity contribution in [3.63, 3.8) is 0 Å². The summed E-state index contributed by atoms with van der Waals surface area (Å²) in [7, 11) is 1.42. The molecule has 68 valence electrons. The number of aliphatic hydroxyl groups is 1. The van der Waals surface area contributed by atoms with Gasteiger partial charge in [-0.3, -0.25) is 4.68 Å². The van der Waals surface area contributed by atoms with Gasteiger partial charge in [0.25, 0.3) is 0 Å². The average Bonchev–Trinajstić information content (AvgIpc) is 2.45. The molecular formula is C7H13N3O2. The molecule has 12 heavy (non-hydrogen) atoms. The van der Waals surface area contributed by atoms with E-state index in [1.807, 2.05) is 6.92 Å². The van der Waals surface area contributed by atoms with Gasteiger partial charge in [-0.2, -0.15) is 5.10 Å². The van der Waals surface area contributed by atoms with Gasteiger partial charge in [-0.25, -0.2) is 0 Å². The number of aliphatic hydroxyl groups excluding tert-OH is 1. The Morgan fingerprint density at radius 3 is 3.00 bits per heavy atom. The largest absolute Gasteiger partial charge is 0.382 e. The summed E-state index contributed by atoms with van der Waals surface area (Å²) in [4.78, 5) is 0. The van der Waals surface area contributed by atoms with E-state index in [1.54, 1.807) is 10.7 Å². The van der Waals surface area contributed by atoms with E-state index in [0.717, 1.165) is 0 Å². The van der Waals surface area contributed by atoms with Crippen LogP contribution < -0.4 is 5.73 Å². The van der Waals surface area contributed by atoms with E-state index in [4.69, 9.17) is 10.5 Å². The minimum absolute atomic E-state index is 0.392. The van der Waals surface area contributed by atoms with Crippen LogP contribution in [0.2, 0.25) is 0 Å². The molecule has 1 aromatic rings. The van der Waals surface area contributed by atoms with Gasteiger partial charge in [0.05, 0.1) is 5.69 Å². The van der Waals surface area contributed by atoms with Crippen molar-refractivity contribution >= 4 is 5.82 Å². The number of aromatic nitrogens is 2. The van der Waals surface area contributed by atoms with Gasteiger partial charge in [0.2, 0.25) is 0 Å². The maximum atomic E-state index is 9.32. The topological polar surface area (TPSA) is 73.3 Å². The second-order valence-electron chi connectivity index (χ2n) is 2.40. The summed E-state index contributed by atoms with van der Waals surface area (Å²) in [5.74, 6) is 0.392. The zero-order valence-corrected chi connectivity index (χ0v) is 7.19. The number of anilines is 1. The molecule has 0 aliphatic carbocycles. The van der Waals surface area contributed by atoms with E-state index in [9.17, 15) is 5.11 Å². The van der Waals surface area contributed by atoms with Crippen LogP contribution in [-0.2, 0) is 11.3 Å². The number of rotatable bonds is 3. The summed E-state index contributed by atoms with van der Waals surface area (Å²) in [6.45, 7) is 2.57. The van der Waals surface area contributed by atoms with Crippen LogP contribution in [0, 0.1) is 0 Å². The zero-order chi connectivity index (χ0) is 9.14. The van der Waals surface area contributed by atoms with Gasteiger partial charge < -0.3 is 15.6 Å². The molecule has 0 aliphatic rings. The maximum Gasteiger partial charge on any atom is 0.198 e. The van der Waals surface area contributed by atoms with E-state index in [2.05, 4.69) is 5.10 Å². The predicted octanol–water partition coefficient (Wildman–Crippen LogP) is 0.122. The highest BCUT2D eigenvalue weighted by molar-refractivity contribution is 5.29. The molecule has 0 saturated carbocycles. The molecule has 0 spiro atoms. The van der Waals surface area contributed by atoms with E-state index >= 15 is 0 Å². The van der Waals surface area contributed by atoms with E-state index in [1.165, 1.54) is 7.11 Å². The molecule has 3 N–H and O–H groups in total. The highest BCUT2D eigenvalue weighted by Crippen LogP contribution is 2.15. The lowest BCUT2D eigenvalue weighted by atomic mass is 10.4. The minimum Gasteiger partial charge on any atom is -0.382 e. The molecule has 1 heterocycles. The maximum absolute atomic E-state index is 9.32. The van der Waals surface area contributed by atoms with Gasteiger partial charge in [0, 0.05) is 19.7 Å². The third kappa shape index (κ3) is 1.57. The van der Waals surface area contributed by atoms with Crippen LogP contribution in [0.25, 0.3) is 0 Å². The number of hydrogen-bond acceptors (Lipinski definition) is 4. The van der Waals surface area contributed by atoms with Gasteiger partial charge in [0.15, 0.2) is 6.29 Å². The van der Waals surface area contributed by atoms with E-state index in [0.29, 0.717) is 18.1 Å². The second kappa shape index (κ2) is 3.55. The first kappa shape index (κ1) is 9.02. The Bertz CT molecular complexity index is 259. The Labute approximate surface area is 70.7 Å². The number of ether oxygens (including phenoxy) is 1. The second-order valence-corrected chi connectivity index (χ2v) is 2.40. The number of nitrogen functional groups attached to an aromatic ring is 1. The Hall–Kier alpha value is -1.07. The third-order valence-corrected chi connectivity index (χ3v) is 1.61. The SMILES string of the molecule is CCn1nc(N)cc1C(O)OC. The Morgan fingerprint density at radius 1 is 1.83 bits per heavy atom. The number of nitrogens with zero attached hydrogens (tertiary/aromatic N) is 2.